The van der Waals surface area contributed by atoms with Crippen molar-refractivity contribution >= 4 is 63.3 Å². The van der Waals surface area contributed by atoms with Crippen molar-refractivity contribution in [2.75, 3.05) is 69.4 Å². The molecule has 1 aliphatic rings. The van der Waals surface area contributed by atoms with Gasteiger partial charge in [-0.2, -0.15) is 13.2 Å². The van der Waals surface area contributed by atoms with E-state index < -0.39 is 45.0 Å². The molecule has 1 fully saturated rings. The Balaban J connectivity index is 1.16. The van der Waals surface area contributed by atoms with Crippen molar-refractivity contribution in [3.05, 3.63) is 137 Å². The lowest BCUT2D eigenvalue weighted by atomic mass is 9.99. The molecule has 1 heterocycles. The van der Waals surface area contributed by atoms with E-state index in [1.54, 1.807) is 24.3 Å². The van der Waals surface area contributed by atoms with Crippen LogP contribution in [0, 0.1) is 0 Å². The van der Waals surface area contributed by atoms with E-state index in [9.17, 15) is 30.9 Å². The number of rotatable bonds is 18. The molecular formula is C45H50ClF3N5O5PS2. The molecule has 5 aromatic carbocycles. The van der Waals surface area contributed by atoms with E-state index in [0.717, 1.165) is 60.5 Å². The predicted octanol–water partition coefficient (Wildman–Crippen LogP) is 9.43. The van der Waals surface area contributed by atoms with E-state index in [-0.39, 0.29) is 17.9 Å². The minimum Gasteiger partial charge on any atom is -0.380 e. The van der Waals surface area contributed by atoms with Crippen molar-refractivity contribution in [2.24, 2.45) is 0 Å². The number of alkyl halides is 3. The van der Waals surface area contributed by atoms with Crippen molar-refractivity contribution < 1.29 is 35.5 Å². The molecule has 0 aromatic heterocycles. The number of nitrogens with one attached hydrogen (secondary N) is 2. The maximum absolute atomic E-state index is 14.4. The van der Waals surface area contributed by atoms with E-state index in [2.05, 4.69) is 32.3 Å². The highest BCUT2D eigenvalue weighted by molar-refractivity contribution is 7.99. The normalized spacial score (nSPS) is 15.3. The summed E-state index contributed by atoms with van der Waals surface area (Å²) in [6.07, 6.45) is 0.476. The van der Waals surface area contributed by atoms with E-state index in [0.29, 0.717) is 29.8 Å². The summed E-state index contributed by atoms with van der Waals surface area (Å²) in [5.41, 5.74) is -1.49. The Morgan fingerprint density at radius 1 is 0.903 bits per heavy atom. The summed E-state index contributed by atoms with van der Waals surface area (Å²) in [4.78, 5) is 20.0. The number of anilines is 2. The highest BCUT2D eigenvalue weighted by atomic mass is 35.5. The van der Waals surface area contributed by atoms with Crippen LogP contribution >= 0.6 is 30.9 Å². The van der Waals surface area contributed by atoms with Crippen LogP contribution in [0.2, 0.25) is 5.02 Å². The van der Waals surface area contributed by atoms with Gasteiger partial charge in [0.25, 0.3) is 15.7 Å². The first kappa shape index (κ1) is 47.1. The summed E-state index contributed by atoms with van der Waals surface area (Å²) in [6, 6.07) is 34.9. The van der Waals surface area contributed by atoms with Gasteiger partial charge < -0.3 is 19.6 Å². The van der Waals surface area contributed by atoms with Crippen LogP contribution in [0.5, 0.6) is 0 Å². The molecule has 1 aliphatic heterocycles. The largest absolute Gasteiger partial charge is 0.501 e. The molecule has 2 N–H and O–H groups in total. The molecule has 1 amide bonds. The number of hydrogen-bond donors (Lipinski definition) is 2. The lowest BCUT2D eigenvalue weighted by Gasteiger charge is -2.36. The Hall–Kier alpha value is -4.34. The van der Waals surface area contributed by atoms with Gasteiger partial charge in [0.2, 0.25) is 0 Å². The summed E-state index contributed by atoms with van der Waals surface area (Å²) >= 11 is 7.60. The highest BCUT2D eigenvalue weighted by Gasteiger charge is 2.49. The average molecular weight is 928 g/mol. The van der Waals surface area contributed by atoms with Gasteiger partial charge in [0, 0.05) is 65.7 Å². The SMILES string of the molecule is CCO[P@@](=O)(NC(=O)c1ccc(N2CCN(Cc3ccccc3-c3ccc(Cl)cc3)CC2)cc1)c1ccc(N[C@H](CCN(C)C)CSc2ccccc2)c(S(=O)(=O)C(F)(F)F)c1. The third kappa shape index (κ3) is 12.0. The monoisotopic (exact) mass is 927 g/mol. The Bertz CT molecular complexity index is 2440. The quantitative estimate of drug-likeness (QED) is 0.0652. The van der Waals surface area contributed by atoms with Crippen LogP contribution in [0.3, 0.4) is 0 Å². The molecule has 2 atom stereocenters. The summed E-state index contributed by atoms with van der Waals surface area (Å²) in [5, 5.41) is 5.69. The van der Waals surface area contributed by atoms with Gasteiger partial charge in [-0.3, -0.25) is 19.3 Å². The lowest BCUT2D eigenvalue weighted by molar-refractivity contribution is -0.0435. The van der Waals surface area contributed by atoms with E-state index >= 15 is 0 Å². The van der Waals surface area contributed by atoms with Crippen molar-refractivity contribution in [1.82, 2.24) is 14.9 Å². The third-order valence-electron chi connectivity index (χ3n) is 10.4. The fourth-order valence-corrected chi connectivity index (χ4v) is 10.9. The Morgan fingerprint density at radius 2 is 1.56 bits per heavy atom. The Morgan fingerprint density at radius 3 is 2.21 bits per heavy atom. The van der Waals surface area contributed by atoms with Crippen molar-refractivity contribution in [2.45, 2.75) is 41.2 Å². The zero-order valence-electron chi connectivity index (χ0n) is 34.6. The molecule has 0 radical (unpaired) electrons. The van der Waals surface area contributed by atoms with E-state index in [1.165, 1.54) is 30.3 Å². The number of hydrogen-bond acceptors (Lipinski definition) is 10. The molecule has 0 unspecified atom stereocenters. The highest BCUT2D eigenvalue weighted by Crippen LogP contribution is 2.44. The molecule has 0 aliphatic carbocycles. The number of thioether (sulfide) groups is 1. The number of piperazine rings is 1. The van der Waals surface area contributed by atoms with Gasteiger partial charge in [0.15, 0.2) is 0 Å². The van der Waals surface area contributed by atoms with Gasteiger partial charge >= 0.3 is 13.0 Å². The predicted molar refractivity (Wildman–Crippen MR) is 245 cm³/mol. The smallest absolute Gasteiger partial charge is 0.380 e. The average Bonchev–Trinajstić information content (AvgIpc) is 3.25. The fourth-order valence-electron chi connectivity index (χ4n) is 7.05. The van der Waals surface area contributed by atoms with Crippen LogP contribution in [-0.4, -0.2) is 94.9 Å². The first-order valence-corrected chi connectivity index (χ1v) is 24.6. The number of sulfone groups is 1. The van der Waals surface area contributed by atoms with Gasteiger partial charge in [-0.25, -0.2) is 8.42 Å². The lowest BCUT2D eigenvalue weighted by Crippen LogP contribution is -2.46. The molecule has 0 spiro atoms. The number of benzene rings is 5. The summed E-state index contributed by atoms with van der Waals surface area (Å²) in [6.45, 7) is 5.75. The minimum absolute atomic E-state index is 0.132. The zero-order chi connectivity index (χ0) is 44.5. The van der Waals surface area contributed by atoms with Crippen LogP contribution in [0.1, 0.15) is 29.3 Å². The van der Waals surface area contributed by atoms with Gasteiger partial charge in [-0.05, 0) is 117 Å². The summed E-state index contributed by atoms with van der Waals surface area (Å²) < 4.78 is 88.8. The van der Waals surface area contributed by atoms with Crippen molar-refractivity contribution in [3.8, 4) is 11.1 Å². The van der Waals surface area contributed by atoms with Crippen molar-refractivity contribution in [3.63, 3.8) is 0 Å². The van der Waals surface area contributed by atoms with Crippen LogP contribution in [-0.2, 0) is 25.5 Å². The standard InChI is InChI=1S/C45H50ClF3N5O5PS2/c1-4-59-60(56,39-22-23-42(43(30-39)62(57,58)45(47,48)49)50-37(24-25-52(2)3)32-61-40-11-6-5-7-12-40)51-44(55)34-16-20-38(21-17-34)54-28-26-53(27-29-54)31-35-10-8-9-13-41(35)33-14-18-36(46)19-15-33/h5-23,30,37,50H,4,24-29,31-32H2,1-3H3,(H,51,55,56)/t37-,60-/m1/s1. The van der Waals surface area contributed by atoms with Gasteiger partial charge in [-0.15, -0.1) is 11.8 Å². The molecule has 0 saturated carbocycles. The second kappa shape index (κ2) is 20.9. The zero-order valence-corrected chi connectivity index (χ0v) is 37.9. The maximum atomic E-state index is 14.4. The molecule has 0 bridgehead atoms. The first-order valence-electron chi connectivity index (χ1n) is 20.1. The Kier molecular flexibility index (Phi) is 15.9. The Labute approximate surface area is 371 Å². The third-order valence-corrected chi connectivity index (χ3v) is 15.4. The molecular weight excluding hydrogens is 878 g/mol. The molecule has 330 valence electrons. The molecule has 62 heavy (non-hydrogen) atoms. The van der Waals surface area contributed by atoms with E-state index in [1.807, 2.05) is 85.7 Å². The number of halogens is 4. The maximum Gasteiger partial charge on any atom is 0.501 e. The molecule has 17 heteroatoms. The summed E-state index contributed by atoms with van der Waals surface area (Å²) in [5.74, 6) is -0.393. The number of amides is 1. The fraction of sp³-hybridized carbons (Fsp3) is 0.311. The van der Waals surface area contributed by atoms with Crippen LogP contribution in [0.15, 0.2) is 131 Å². The minimum atomic E-state index is -5.96. The number of carbonyl (C=O) groups excluding carboxylic acids is 1. The first-order chi connectivity index (χ1) is 29.6. The summed E-state index contributed by atoms with van der Waals surface area (Å²) in [7, 11) is -6.71. The van der Waals surface area contributed by atoms with Gasteiger partial charge in [-0.1, -0.05) is 66.2 Å². The number of carbonyl (C=O) groups is 1. The van der Waals surface area contributed by atoms with Gasteiger partial charge in [0.05, 0.1) is 17.6 Å². The topological polar surface area (TPSA) is 111 Å². The van der Waals surface area contributed by atoms with Crippen molar-refractivity contribution in [1.29, 1.82) is 0 Å². The molecule has 10 nitrogen and oxygen atoms in total. The molecule has 1 saturated heterocycles. The second-order valence-corrected chi connectivity index (χ2v) is 20.6. The van der Waals surface area contributed by atoms with Crippen LogP contribution in [0.4, 0.5) is 24.5 Å². The second-order valence-electron chi connectivity index (χ2n) is 15.1. The molecule has 6 rings (SSSR count). The van der Waals surface area contributed by atoms with E-state index in [4.69, 9.17) is 16.1 Å². The van der Waals surface area contributed by atoms with Crippen LogP contribution in [0.25, 0.3) is 11.1 Å². The van der Waals surface area contributed by atoms with Crippen LogP contribution < -0.4 is 20.6 Å². The van der Waals surface area contributed by atoms with Gasteiger partial charge in [0.1, 0.15) is 4.90 Å². The number of nitrogens with zero attached hydrogens (tertiary/aromatic N) is 3. The molecule has 5 aromatic rings.